The number of hydrogen-bond acceptors (Lipinski definition) is 5. The molecule has 1 atom stereocenters. The van der Waals surface area contributed by atoms with Gasteiger partial charge in [0.15, 0.2) is 0 Å². The van der Waals surface area contributed by atoms with E-state index < -0.39 is 0 Å². The maximum Gasteiger partial charge on any atom is 0.144 e. The van der Waals surface area contributed by atoms with Gasteiger partial charge in [0.1, 0.15) is 11.6 Å². The van der Waals surface area contributed by atoms with Crippen LogP contribution in [0.4, 0.5) is 5.82 Å². The lowest BCUT2D eigenvalue weighted by molar-refractivity contribution is 0.181. The lowest BCUT2D eigenvalue weighted by atomic mass is 10.0. The van der Waals surface area contributed by atoms with Gasteiger partial charge in [-0.3, -0.25) is 0 Å². The summed E-state index contributed by atoms with van der Waals surface area (Å²) in [7, 11) is 1.65. The largest absolute Gasteiger partial charge is 0.378 e. The molecule has 1 aromatic carbocycles. The van der Waals surface area contributed by atoms with E-state index in [2.05, 4.69) is 39.7 Å². The van der Waals surface area contributed by atoms with Crippen molar-refractivity contribution in [3.63, 3.8) is 0 Å². The number of methoxy groups -OCH3 is 1. The van der Waals surface area contributed by atoms with E-state index in [1.54, 1.807) is 7.11 Å². The van der Waals surface area contributed by atoms with Crippen LogP contribution in [0.2, 0.25) is 0 Å². The van der Waals surface area contributed by atoms with Gasteiger partial charge in [-0.25, -0.2) is 15.8 Å². The zero-order valence-electron chi connectivity index (χ0n) is 11.5. The molecule has 104 valence electrons. The molecule has 20 heavy (non-hydrogen) atoms. The molecule has 0 fully saturated rings. The molecule has 1 aromatic heterocycles. The van der Waals surface area contributed by atoms with Crippen molar-refractivity contribution >= 4 is 5.82 Å². The van der Waals surface area contributed by atoms with Gasteiger partial charge >= 0.3 is 0 Å². The van der Waals surface area contributed by atoms with Crippen molar-refractivity contribution in [2.24, 2.45) is 5.84 Å². The highest BCUT2D eigenvalue weighted by molar-refractivity contribution is 5.41. The number of hydrogen-bond donors (Lipinski definition) is 2. The molecule has 2 aromatic rings. The predicted molar refractivity (Wildman–Crippen MR) is 77.2 cm³/mol. The normalized spacial score (nSPS) is 17.0. The number of nitrogens with one attached hydrogen (secondary N) is 1. The smallest absolute Gasteiger partial charge is 0.144 e. The van der Waals surface area contributed by atoms with E-state index in [1.165, 1.54) is 11.1 Å². The summed E-state index contributed by atoms with van der Waals surface area (Å²) in [5, 5.41) is 0. The Morgan fingerprint density at radius 2 is 2.20 bits per heavy atom. The maximum absolute atomic E-state index is 5.50. The Morgan fingerprint density at radius 1 is 1.35 bits per heavy atom. The van der Waals surface area contributed by atoms with Gasteiger partial charge < -0.3 is 10.2 Å². The van der Waals surface area contributed by atoms with Crippen LogP contribution in [-0.2, 0) is 17.8 Å². The molecule has 5 nitrogen and oxygen atoms in total. The summed E-state index contributed by atoms with van der Waals surface area (Å²) in [5.74, 6) is 7.19. The minimum atomic E-state index is 0.245. The van der Waals surface area contributed by atoms with Crippen molar-refractivity contribution < 1.29 is 4.74 Å². The van der Waals surface area contributed by atoms with E-state index in [-0.39, 0.29) is 5.92 Å². The first-order valence-corrected chi connectivity index (χ1v) is 6.73. The number of nitrogen functional groups attached to an aromatic ring is 1. The molecular formula is C15H18N4O. The molecule has 0 radical (unpaired) electrons. The fraction of sp³-hybridized carbons (Fsp3) is 0.333. The molecule has 1 aliphatic carbocycles. The first kappa shape index (κ1) is 13.0. The van der Waals surface area contributed by atoms with Crippen LogP contribution in [0.1, 0.15) is 35.0 Å². The van der Waals surface area contributed by atoms with Crippen molar-refractivity contribution in [2.75, 3.05) is 12.5 Å². The van der Waals surface area contributed by atoms with Crippen LogP contribution in [0.15, 0.2) is 30.3 Å². The Balaban J connectivity index is 2.00. The SMILES string of the molecule is COCc1cc(NN)nc(C2CCc3ccccc32)n1. The van der Waals surface area contributed by atoms with Crippen LogP contribution in [0.25, 0.3) is 0 Å². The summed E-state index contributed by atoms with van der Waals surface area (Å²) in [6.07, 6.45) is 2.11. The minimum Gasteiger partial charge on any atom is -0.378 e. The first-order chi connectivity index (χ1) is 9.81. The van der Waals surface area contributed by atoms with Gasteiger partial charge in [0, 0.05) is 19.1 Å². The second-order valence-corrected chi connectivity index (χ2v) is 4.97. The summed E-state index contributed by atoms with van der Waals surface area (Å²) in [6, 6.07) is 10.3. The summed E-state index contributed by atoms with van der Waals surface area (Å²) >= 11 is 0. The van der Waals surface area contributed by atoms with E-state index in [1.807, 2.05) is 6.07 Å². The number of hydrazine groups is 1. The highest BCUT2D eigenvalue weighted by Gasteiger charge is 2.26. The predicted octanol–water partition coefficient (Wildman–Crippen LogP) is 1.99. The van der Waals surface area contributed by atoms with Crippen LogP contribution < -0.4 is 11.3 Å². The summed E-state index contributed by atoms with van der Waals surface area (Å²) < 4.78 is 5.16. The second kappa shape index (κ2) is 5.56. The Hall–Kier alpha value is -1.98. The molecule has 0 saturated carbocycles. The Kier molecular flexibility index (Phi) is 3.62. The molecule has 5 heteroatoms. The molecular weight excluding hydrogens is 252 g/mol. The molecule has 0 bridgehead atoms. The number of nitrogens with two attached hydrogens (primary N) is 1. The zero-order valence-corrected chi connectivity index (χ0v) is 11.5. The van der Waals surface area contributed by atoms with Crippen LogP contribution in [0.3, 0.4) is 0 Å². The van der Waals surface area contributed by atoms with Gasteiger partial charge in [-0.05, 0) is 24.0 Å². The summed E-state index contributed by atoms with van der Waals surface area (Å²) in [4.78, 5) is 9.13. The Bertz CT molecular complexity index is 615. The van der Waals surface area contributed by atoms with Gasteiger partial charge in [-0.2, -0.15) is 0 Å². The van der Waals surface area contributed by atoms with E-state index >= 15 is 0 Å². The van der Waals surface area contributed by atoms with Gasteiger partial charge in [0.05, 0.1) is 12.3 Å². The maximum atomic E-state index is 5.50. The molecule has 1 heterocycles. The highest BCUT2D eigenvalue weighted by atomic mass is 16.5. The number of benzene rings is 1. The second-order valence-electron chi connectivity index (χ2n) is 4.97. The van der Waals surface area contributed by atoms with E-state index in [0.717, 1.165) is 24.4 Å². The number of aryl methyl sites for hydroxylation is 1. The van der Waals surface area contributed by atoms with Gasteiger partial charge in [0.25, 0.3) is 0 Å². The van der Waals surface area contributed by atoms with Crippen molar-refractivity contribution in [3.05, 3.63) is 53.0 Å². The van der Waals surface area contributed by atoms with Crippen molar-refractivity contribution in [1.29, 1.82) is 0 Å². The Morgan fingerprint density at radius 3 is 3.00 bits per heavy atom. The molecule has 1 aliphatic rings. The minimum absolute atomic E-state index is 0.245. The third kappa shape index (κ3) is 2.37. The first-order valence-electron chi connectivity index (χ1n) is 6.73. The zero-order chi connectivity index (χ0) is 13.9. The molecule has 1 unspecified atom stereocenters. The van der Waals surface area contributed by atoms with Crippen LogP contribution in [0.5, 0.6) is 0 Å². The van der Waals surface area contributed by atoms with Crippen LogP contribution in [0, 0.1) is 0 Å². The molecule has 0 saturated heterocycles. The summed E-state index contributed by atoms with van der Waals surface area (Å²) in [6.45, 7) is 0.457. The lowest BCUT2D eigenvalue weighted by Gasteiger charge is -2.13. The van der Waals surface area contributed by atoms with E-state index in [9.17, 15) is 0 Å². The fourth-order valence-electron chi connectivity index (χ4n) is 2.79. The molecule has 0 aliphatic heterocycles. The standard InChI is InChI=1S/C15H18N4O/c1-20-9-11-8-14(19-16)18-15(17-11)13-7-6-10-4-2-3-5-12(10)13/h2-5,8,13H,6-7,9,16H2,1H3,(H,17,18,19). The van der Waals surface area contributed by atoms with Gasteiger partial charge in [-0.15, -0.1) is 0 Å². The fourth-order valence-corrected chi connectivity index (χ4v) is 2.79. The Labute approximate surface area is 118 Å². The quantitative estimate of drug-likeness (QED) is 0.656. The average Bonchev–Trinajstić information content (AvgIpc) is 2.91. The summed E-state index contributed by atoms with van der Waals surface area (Å²) in [5.41, 5.74) is 6.16. The third-order valence-electron chi connectivity index (χ3n) is 3.68. The van der Waals surface area contributed by atoms with E-state index in [4.69, 9.17) is 10.6 Å². The lowest BCUT2D eigenvalue weighted by Crippen LogP contribution is -2.13. The number of rotatable bonds is 4. The molecule has 0 spiro atoms. The number of nitrogens with zero attached hydrogens (tertiary/aromatic N) is 2. The average molecular weight is 270 g/mol. The van der Waals surface area contributed by atoms with Gasteiger partial charge in [-0.1, -0.05) is 24.3 Å². The van der Waals surface area contributed by atoms with Crippen molar-refractivity contribution in [1.82, 2.24) is 9.97 Å². The van der Waals surface area contributed by atoms with Crippen LogP contribution >= 0.6 is 0 Å². The monoisotopic (exact) mass is 270 g/mol. The third-order valence-corrected chi connectivity index (χ3v) is 3.68. The number of aromatic nitrogens is 2. The molecule has 3 rings (SSSR count). The number of fused-ring (bicyclic) bond motifs is 1. The van der Waals surface area contributed by atoms with Crippen LogP contribution in [-0.4, -0.2) is 17.1 Å². The number of anilines is 1. The van der Waals surface area contributed by atoms with Gasteiger partial charge in [0.2, 0.25) is 0 Å². The molecule has 3 N–H and O–H groups in total. The van der Waals surface area contributed by atoms with Crippen molar-refractivity contribution in [3.8, 4) is 0 Å². The van der Waals surface area contributed by atoms with E-state index in [0.29, 0.717) is 12.4 Å². The number of ether oxygens (including phenoxy) is 1. The van der Waals surface area contributed by atoms with Crippen molar-refractivity contribution in [2.45, 2.75) is 25.4 Å². The topological polar surface area (TPSA) is 73.1 Å². The molecule has 0 amide bonds. The highest BCUT2D eigenvalue weighted by Crippen LogP contribution is 2.36.